The first-order valence-corrected chi connectivity index (χ1v) is 6.55. The van der Waals surface area contributed by atoms with E-state index in [2.05, 4.69) is 36.3 Å². The molecule has 2 rings (SSSR count). The van der Waals surface area contributed by atoms with E-state index in [9.17, 15) is 4.79 Å². The van der Waals surface area contributed by atoms with Gasteiger partial charge in [0.25, 0.3) is 0 Å². The van der Waals surface area contributed by atoms with Gasteiger partial charge in [0.1, 0.15) is 6.04 Å². The number of hydrogen-bond donors (Lipinski definition) is 3. The molecule has 0 radical (unpaired) electrons. The van der Waals surface area contributed by atoms with E-state index in [0.29, 0.717) is 5.82 Å². The molecule has 0 fully saturated rings. The van der Waals surface area contributed by atoms with Crippen molar-refractivity contribution in [1.29, 1.82) is 0 Å². The first kappa shape index (κ1) is 14.3. The Bertz CT molecular complexity index is 583. The molecule has 2 aromatic rings. The van der Waals surface area contributed by atoms with E-state index in [1.54, 1.807) is 0 Å². The molecule has 5 heteroatoms. The maximum atomic E-state index is 12.1. The van der Waals surface area contributed by atoms with Gasteiger partial charge in [-0.3, -0.25) is 9.89 Å². The molecule has 5 nitrogen and oxygen atoms in total. The molecular weight excluding hydrogens is 252 g/mol. The van der Waals surface area contributed by atoms with E-state index in [4.69, 9.17) is 5.73 Å². The van der Waals surface area contributed by atoms with E-state index in [1.165, 1.54) is 0 Å². The van der Waals surface area contributed by atoms with Crippen molar-refractivity contribution < 1.29 is 4.79 Å². The van der Waals surface area contributed by atoms with E-state index in [1.807, 2.05) is 36.4 Å². The fourth-order valence-corrected chi connectivity index (χ4v) is 1.79. The van der Waals surface area contributed by atoms with Gasteiger partial charge < -0.3 is 11.1 Å². The van der Waals surface area contributed by atoms with Crippen molar-refractivity contribution in [2.24, 2.45) is 5.73 Å². The summed E-state index contributed by atoms with van der Waals surface area (Å²) < 4.78 is 0. The number of nitrogens with two attached hydrogens (primary N) is 1. The van der Waals surface area contributed by atoms with Gasteiger partial charge in [0.2, 0.25) is 5.91 Å². The van der Waals surface area contributed by atoms with Gasteiger partial charge in [0.05, 0.1) is 0 Å². The lowest BCUT2D eigenvalue weighted by molar-refractivity contribution is -0.117. The van der Waals surface area contributed by atoms with Crippen molar-refractivity contribution >= 4 is 11.7 Å². The van der Waals surface area contributed by atoms with Gasteiger partial charge in [-0.2, -0.15) is 5.10 Å². The molecule has 0 saturated carbocycles. The van der Waals surface area contributed by atoms with Crippen molar-refractivity contribution in [3.63, 3.8) is 0 Å². The van der Waals surface area contributed by atoms with Gasteiger partial charge >= 0.3 is 0 Å². The van der Waals surface area contributed by atoms with Gasteiger partial charge in [-0.15, -0.1) is 0 Å². The first-order chi connectivity index (χ1) is 9.38. The normalized spacial score (nSPS) is 13.0. The number of aromatic nitrogens is 2. The third kappa shape index (κ3) is 3.24. The maximum absolute atomic E-state index is 12.1. The lowest BCUT2D eigenvalue weighted by Crippen LogP contribution is -2.27. The average molecular weight is 272 g/mol. The number of amides is 1. The van der Waals surface area contributed by atoms with Gasteiger partial charge in [-0.1, -0.05) is 51.1 Å². The lowest BCUT2D eigenvalue weighted by atomic mass is 9.92. The Labute approximate surface area is 118 Å². The van der Waals surface area contributed by atoms with Crippen LogP contribution in [0.3, 0.4) is 0 Å². The number of carbonyl (C=O) groups excluding carboxylic acids is 1. The number of H-pyrrole nitrogens is 1. The van der Waals surface area contributed by atoms with Crippen LogP contribution in [0.1, 0.15) is 38.1 Å². The molecule has 0 spiro atoms. The van der Waals surface area contributed by atoms with E-state index >= 15 is 0 Å². The summed E-state index contributed by atoms with van der Waals surface area (Å²) in [6.07, 6.45) is 0. The van der Waals surface area contributed by atoms with Crippen LogP contribution in [-0.2, 0) is 10.2 Å². The second kappa shape index (κ2) is 5.46. The predicted molar refractivity (Wildman–Crippen MR) is 79.3 cm³/mol. The summed E-state index contributed by atoms with van der Waals surface area (Å²) in [5.74, 6) is 0.217. The fourth-order valence-electron chi connectivity index (χ4n) is 1.79. The van der Waals surface area contributed by atoms with Crippen molar-refractivity contribution in [3.05, 3.63) is 47.7 Å². The SMILES string of the molecule is CC(C)(C)c1cc(NC(=O)[C@@H](N)c2ccccc2)n[nH]1. The van der Waals surface area contributed by atoms with Crippen LogP contribution < -0.4 is 11.1 Å². The summed E-state index contributed by atoms with van der Waals surface area (Å²) >= 11 is 0. The Morgan fingerprint density at radius 3 is 2.50 bits per heavy atom. The zero-order valence-electron chi connectivity index (χ0n) is 12.0. The summed E-state index contributed by atoms with van der Waals surface area (Å²) in [5, 5.41) is 9.74. The molecule has 20 heavy (non-hydrogen) atoms. The second-order valence-corrected chi connectivity index (χ2v) is 5.79. The molecule has 106 valence electrons. The summed E-state index contributed by atoms with van der Waals surface area (Å²) in [6.45, 7) is 6.21. The highest BCUT2D eigenvalue weighted by molar-refractivity contribution is 5.94. The minimum absolute atomic E-state index is 0.0441. The van der Waals surface area contributed by atoms with Crippen molar-refractivity contribution in [3.8, 4) is 0 Å². The molecule has 0 saturated heterocycles. The maximum Gasteiger partial charge on any atom is 0.247 e. The fraction of sp³-hybridized carbons (Fsp3) is 0.333. The molecule has 0 aliphatic heterocycles. The number of aromatic amines is 1. The molecule has 0 aliphatic rings. The molecule has 1 atom stereocenters. The highest BCUT2D eigenvalue weighted by Crippen LogP contribution is 2.22. The molecule has 0 bridgehead atoms. The van der Waals surface area contributed by atoms with Crippen LogP contribution >= 0.6 is 0 Å². The van der Waals surface area contributed by atoms with Crippen molar-refractivity contribution in [1.82, 2.24) is 10.2 Å². The minimum Gasteiger partial charge on any atom is -0.316 e. The Balaban J connectivity index is 2.07. The molecular formula is C15H20N4O. The van der Waals surface area contributed by atoms with Gasteiger partial charge in [-0.05, 0) is 5.56 Å². The Morgan fingerprint density at radius 2 is 1.95 bits per heavy atom. The molecule has 0 aliphatic carbocycles. The van der Waals surface area contributed by atoms with Crippen LogP contribution in [-0.4, -0.2) is 16.1 Å². The molecule has 4 N–H and O–H groups in total. The number of hydrogen-bond acceptors (Lipinski definition) is 3. The second-order valence-electron chi connectivity index (χ2n) is 5.79. The number of carbonyl (C=O) groups is 1. The number of rotatable bonds is 3. The van der Waals surface area contributed by atoms with Crippen LogP contribution in [0.15, 0.2) is 36.4 Å². The molecule has 1 aromatic heterocycles. The molecule has 0 unspecified atom stereocenters. The quantitative estimate of drug-likeness (QED) is 0.802. The smallest absolute Gasteiger partial charge is 0.247 e. The van der Waals surface area contributed by atoms with Gasteiger partial charge in [0, 0.05) is 17.2 Å². The van der Waals surface area contributed by atoms with Gasteiger partial charge in [0.15, 0.2) is 5.82 Å². The summed E-state index contributed by atoms with van der Waals surface area (Å²) in [5.41, 5.74) is 7.62. The Hall–Kier alpha value is -2.14. The topological polar surface area (TPSA) is 83.8 Å². The van der Waals surface area contributed by atoms with E-state index < -0.39 is 6.04 Å². The van der Waals surface area contributed by atoms with E-state index in [-0.39, 0.29) is 11.3 Å². The third-order valence-electron chi connectivity index (χ3n) is 3.08. The van der Waals surface area contributed by atoms with Crippen LogP contribution in [0.2, 0.25) is 0 Å². The van der Waals surface area contributed by atoms with E-state index in [0.717, 1.165) is 11.3 Å². The first-order valence-electron chi connectivity index (χ1n) is 6.55. The summed E-state index contributed by atoms with van der Waals surface area (Å²) in [4.78, 5) is 12.1. The summed E-state index contributed by atoms with van der Waals surface area (Å²) in [7, 11) is 0. The third-order valence-corrected chi connectivity index (χ3v) is 3.08. The number of nitrogens with zero attached hydrogens (tertiary/aromatic N) is 1. The van der Waals surface area contributed by atoms with Crippen LogP contribution in [0.4, 0.5) is 5.82 Å². The minimum atomic E-state index is -0.703. The Morgan fingerprint density at radius 1 is 1.30 bits per heavy atom. The number of nitrogens with one attached hydrogen (secondary N) is 2. The van der Waals surface area contributed by atoms with Crippen LogP contribution in [0.5, 0.6) is 0 Å². The zero-order valence-corrected chi connectivity index (χ0v) is 12.0. The lowest BCUT2D eigenvalue weighted by Gasteiger charge is -2.14. The standard InChI is InChI=1S/C15H20N4O/c1-15(2,3)11-9-12(19-18-11)17-14(20)13(16)10-7-5-4-6-8-10/h4-9,13H,16H2,1-3H3,(H2,17,18,19,20)/t13-/m0/s1. The highest BCUT2D eigenvalue weighted by atomic mass is 16.2. The molecule has 1 heterocycles. The zero-order chi connectivity index (χ0) is 14.8. The molecule has 1 amide bonds. The number of benzene rings is 1. The highest BCUT2D eigenvalue weighted by Gasteiger charge is 2.20. The van der Waals surface area contributed by atoms with Crippen LogP contribution in [0.25, 0.3) is 0 Å². The van der Waals surface area contributed by atoms with Crippen LogP contribution in [0, 0.1) is 0 Å². The summed E-state index contributed by atoms with van der Waals surface area (Å²) in [6, 6.07) is 10.4. The largest absolute Gasteiger partial charge is 0.316 e. The van der Waals surface area contributed by atoms with Crippen molar-refractivity contribution in [2.45, 2.75) is 32.2 Å². The average Bonchev–Trinajstić information content (AvgIpc) is 2.87. The monoisotopic (exact) mass is 272 g/mol. The van der Waals surface area contributed by atoms with Crippen molar-refractivity contribution in [2.75, 3.05) is 5.32 Å². The Kier molecular flexibility index (Phi) is 3.90. The molecule has 1 aromatic carbocycles. The predicted octanol–water partition coefficient (Wildman–Crippen LogP) is 2.35. The number of anilines is 1. The van der Waals surface area contributed by atoms with Gasteiger partial charge in [-0.25, -0.2) is 0 Å².